The minimum atomic E-state index is 0.0599. The number of nitrogens with zero attached hydrogens (tertiary/aromatic N) is 2. The molecule has 6 rings (SSSR count). The van der Waals surface area contributed by atoms with Gasteiger partial charge in [0.15, 0.2) is 0 Å². The molecule has 0 fully saturated rings. The highest BCUT2D eigenvalue weighted by Gasteiger charge is 2.25. The van der Waals surface area contributed by atoms with E-state index in [1.807, 2.05) is 24.3 Å². The number of fused-ring (bicyclic) bond motifs is 5. The average molecular weight is 415 g/mol. The molecule has 2 heterocycles. The van der Waals surface area contributed by atoms with Crippen LogP contribution in [-0.2, 0) is 13.5 Å². The second-order valence-electron chi connectivity index (χ2n) is 8.47. The molecule has 0 radical (unpaired) electrons. The predicted molar refractivity (Wildman–Crippen MR) is 129 cm³/mol. The van der Waals surface area contributed by atoms with Gasteiger partial charge >= 0.3 is 0 Å². The van der Waals surface area contributed by atoms with Crippen LogP contribution in [0.2, 0.25) is 0 Å². The number of aromatic nitrogens is 1. The number of aryl methyl sites for hydroxylation is 2. The maximum atomic E-state index is 8.99. The fourth-order valence-electron chi connectivity index (χ4n) is 5.03. The molecule has 3 heteroatoms. The van der Waals surface area contributed by atoms with Crippen LogP contribution in [0.1, 0.15) is 29.2 Å². The first-order valence-electron chi connectivity index (χ1n) is 11.0. The second kappa shape index (κ2) is 7.28. The van der Waals surface area contributed by atoms with Crippen LogP contribution in [0.25, 0.3) is 32.9 Å². The van der Waals surface area contributed by atoms with Crippen LogP contribution in [0.3, 0.4) is 0 Å². The molecule has 1 unspecified atom stereocenters. The van der Waals surface area contributed by atoms with E-state index in [-0.39, 0.29) is 6.10 Å². The van der Waals surface area contributed by atoms with Crippen LogP contribution in [0, 0.1) is 11.3 Å². The Morgan fingerprint density at radius 3 is 2.31 bits per heavy atom. The fourth-order valence-corrected chi connectivity index (χ4v) is 5.03. The zero-order valence-electron chi connectivity index (χ0n) is 17.9. The van der Waals surface area contributed by atoms with Crippen molar-refractivity contribution in [3.05, 3.63) is 102 Å². The highest BCUT2D eigenvalue weighted by atomic mass is 16.5. The van der Waals surface area contributed by atoms with Gasteiger partial charge in [0.1, 0.15) is 11.9 Å². The van der Waals surface area contributed by atoms with Crippen LogP contribution >= 0.6 is 0 Å². The summed E-state index contributed by atoms with van der Waals surface area (Å²) in [6, 6.07) is 31.4. The summed E-state index contributed by atoms with van der Waals surface area (Å²) in [5.41, 5.74) is 8.00. The number of nitriles is 1. The van der Waals surface area contributed by atoms with E-state index in [1.165, 1.54) is 32.9 Å². The van der Waals surface area contributed by atoms with Crippen molar-refractivity contribution in [3.63, 3.8) is 0 Å². The number of benzene rings is 4. The largest absolute Gasteiger partial charge is 0.485 e. The lowest BCUT2D eigenvalue weighted by Gasteiger charge is -2.27. The zero-order chi connectivity index (χ0) is 21.7. The van der Waals surface area contributed by atoms with Gasteiger partial charge in [-0.25, -0.2) is 0 Å². The Balaban J connectivity index is 1.31. The first kappa shape index (κ1) is 18.7. The van der Waals surface area contributed by atoms with Crippen molar-refractivity contribution in [2.45, 2.75) is 18.9 Å². The topological polar surface area (TPSA) is 38.0 Å². The summed E-state index contributed by atoms with van der Waals surface area (Å²) in [5, 5.41) is 11.6. The van der Waals surface area contributed by atoms with Crippen molar-refractivity contribution in [3.8, 4) is 22.9 Å². The lowest BCUT2D eigenvalue weighted by atomic mass is 9.94. The number of rotatable bonds is 2. The molecule has 4 aromatic carbocycles. The van der Waals surface area contributed by atoms with Gasteiger partial charge < -0.3 is 9.30 Å². The van der Waals surface area contributed by atoms with Crippen LogP contribution in [0.15, 0.2) is 84.9 Å². The maximum absolute atomic E-state index is 8.99. The van der Waals surface area contributed by atoms with E-state index in [2.05, 4.69) is 78.3 Å². The van der Waals surface area contributed by atoms with E-state index in [9.17, 15) is 0 Å². The van der Waals surface area contributed by atoms with E-state index in [0.717, 1.165) is 29.7 Å². The summed E-state index contributed by atoms with van der Waals surface area (Å²) in [5.74, 6) is 0.996. The van der Waals surface area contributed by atoms with Crippen molar-refractivity contribution < 1.29 is 4.74 Å². The Labute approximate surface area is 187 Å². The molecule has 1 atom stereocenters. The molecule has 0 bridgehead atoms. The molecule has 1 aliphatic heterocycles. The molecule has 1 aliphatic rings. The maximum Gasteiger partial charge on any atom is 0.125 e. The molecule has 1 aromatic heterocycles. The number of hydrogen-bond donors (Lipinski definition) is 0. The highest BCUT2D eigenvalue weighted by Crippen LogP contribution is 2.41. The van der Waals surface area contributed by atoms with Crippen LogP contribution in [0.4, 0.5) is 0 Å². The lowest BCUT2D eigenvalue weighted by Crippen LogP contribution is -2.15. The van der Waals surface area contributed by atoms with Gasteiger partial charge in [0.25, 0.3) is 0 Å². The lowest BCUT2D eigenvalue weighted by molar-refractivity contribution is 0.177. The average Bonchev–Trinajstić information content (AvgIpc) is 3.16. The van der Waals surface area contributed by atoms with Crippen LogP contribution < -0.4 is 4.74 Å². The van der Waals surface area contributed by atoms with Gasteiger partial charge in [0.05, 0.1) is 17.1 Å². The molecule has 32 heavy (non-hydrogen) atoms. The monoisotopic (exact) mass is 414 g/mol. The van der Waals surface area contributed by atoms with E-state index in [0.29, 0.717) is 5.56 Å². The van der Waals surface area contributed by atoms with Gasteiger partial charge in [0, 0.05) is 28.9 Å². The molecule has 0 saturated heterocycles. The van der Waals surface area contributed by atoms with Crippen molar-refractivity contribution in [1.82, 2.24) is 4.57 Å². The third-order valence-corrected chi connectivity index (χ3v) is 6.69. The summed E-state index contributed by atoms with van der Waals surface area (Å²) >= 11 is 0. The van der Waals surface area contributed by atoms with E-state index in [1.54, 1.807) is 0 Å². The third-order valence-electron chi connectivity index (χ3n) is 6.69. The minimum Gasteiger partial charge on any atom is -0.485 e. The normalized spacial score (nSPS) is 15.3. The van der Waals surface area contributed by atoms with Crippen molar-refractivity contribution in [1.29, 1.82) is 5.26 Å². The number of hydrogen-bond acceptors (Lipinski definition) is 2. The van der Waals surface area contributed by atoms with Crippen molar-refractivity contribution in [2.75, 3.05) is 0 Å². The fraction of sp³-hybridized carbons (Fsp3) is 0.138. The van der Waals surface area contributed by atoms with E-state index in [4.69, 9.17) is 10.00 Å². The van der Waals surface area contributed by atoms with Crippen molar-refractivity contribution in [2.24, 2.45) is 7.05 Å². The second-order valence-corrected chi connectivity index (χ2v) is 8.47. The molecule has 0 saturated carbocycles. The summed E-state index contributed by atoms with van der Waals surface area (Å²) in [6.45, 7) is 0. The molecule has 154 valence electrons. The zero-order valence-corrected chi connectivity index (χ0v) is 17.9. The van der Waals surface area contributed by atoms with Gasteiger partial charge in [-0.2, -0.15) is 5.26 Å². The minimum absolute atomic E-state index is 0.0599. The quantitative estimate of drug-likeness (QED) is 0.314. The Kier molecular flexibility index (Phi) is 4.26. The molecule has 0 amide bonds. The molecular formula is C29H22N2O. The Bertz CT molecular complexity index is 1500. The molecular weight excluding hydrogens is 392 g/mol. The Morgan fingerprint density at radius 1 is 0.844 bits per heavy atom. The Hall–Kier alpha value is -4.03. The van der Waals surface area contributed by atoms with Gasteiger partial charge in [-0.1, -0.05) is 54.6 Å². The molecule has 5 aromatic rings. The number of ether oxygens (including phenoxy) is 1. The SMILES string of the molecule is Cn1c2ccccc2c2ccc3c(c21)CCC(c1ccc(-c2ccc(C#N)cc2)cc1)O3. The summed E-state index contributed by atoms with van der Waals surface area (Å²) < 4.78 is 8.81. The van der Waals surface area contributed by atoms with Gasteiger partial charge in [-0.05, 0) is 59.9 Å². The summed E-state index contributed by atoms with van der Waals surface area (Å²) in [7, 11) is 2.15. The predicted octanol–water partition coefficient (Wildman–Crippen LogP) is 6.94. The van der Waals surface area contributed by atoms with E-state index < -0.39 is 0 Å². The summed E-state index contributed by atoms with van der Waals surface area (Å²) in [6.07, 6.45) is 2.02. The highest BCUT2D eigenvalue weighted by molar-refractivity contribution is 6.09. The Morgan fingerprint density at radius 2 is 1.56 bits per heavy atom. The van der Waals surface area contributed by atoms with Gasteiger partial charge in [0.2, 0.25) is 0 Å². The first-order chi connectivity index (χ1) is 15.7. The number of para-hydroxylation sites is 1. The smallest absolute Gasteiger partial charge is 0.125 e. The molecule has 0 N–H and O–H groups in total. The third kappa shape index (κ3) is 2.88. The molecule has 0 spiro atoms. The van der Waals surface area contributed by atoms with Crippen molar-refractivity contribution >= 4 is 21.8 Å². The standard InChI is InChI=1S/C29H22N2O/c1-31-26-5-3-2-4-23(26)24-14-17-28-25(29(24)31)15-16-27(32-28)22-12-10-21(11-13-22)20-8-6-19(18-30)7-9-20/h2-14,17,27H,15-16H2,1H3. The molecule has 3 nitrogen and oxygen atoms in total. The molecule has 0 aliphatic carbocycles. The van der Waals surface area contributed by atoms with E-state index >= 15 is 0 Å². The first-order valence-corrected chi connectivity index (χ1v) is 11.0. The van der Waals surface area contributed by atoms with Gasteiger partial charge in [-0.3, -0.25) is 0 Å². The van der Waals surface area contributed by atoms with Gasteiger partial charge in [-0.15, -0.1) is 0 Å². The van der Waals surface area contributed by atoms with Crippen LogP contribution in [0.5, 0.6) is 5.75 Å². The van der Waals surface area contributed by atoms with Crippen LogP contribution in [-0.4, -0.2) is 4.57 Å². The summed E-state index contributed by atoms with van der Waals surface area (Å²) in [4.78, 5) is 0.